The molecule has 0 spiro atoms. The molecule has 1 amide bonds. The Morgan fingerprint density at radius 1 is 1.14 bits per heavy atom. The fourth-order valence-electron chi connectivity index (χ4n) is 4.15. The number of nitrogens with zero attached hydrogens (tertiary/aromatic N) is 1. The number of carbonyl (C=O) groups is 1. The van der Waals surface area contributed by atoms with E-state index in [0.717, 1.165) is 45.3 Å². The Balaban J connectivity index is 1.55. The lowest BCUT2D eigenvalue weighted by Gasteiger charge is -2.37. The summed E-state index contributed by atoms with van der Waals surface area (Å²) in [4.78, 5) is 12.4. The number of sulfonamides is 1. The molecular formula is C20H32N3O4S+. The number of nitrogens with two attached hydrogens (primary N) is 1. The van der Waals surface area contributed by atoms with Crippen molar-refractivity contribution < 1.29 is 23.3 Å². The van der Waals surface area contributed by atoms with Gasteiger partial charge >= 0.3 is 0 Å². The maximum Gasteiger partial charge on any atom is 0.279 e. The smallest absolute Gasteiger partial charge is 0.279 e. The van der Waals surface area contributed by atoms with Gasteiger partial charge in [0.25, 0.3) is 5.91 Å². The van der Waals surface area contributed by atoms with Crippen LogP contribution >= 0.6 is 0 Å². The minimum absolute atomic E-state index is 0.00696. The van der Waals surface area contributed by atoms with Crippen LogP contribution in [0.4, 0.5) is 5.69 Å². The third-order valence-electron chi connectivity index (χ3n) is 5.61. The molecule has 2 fully saturated rings. The first-order chi connectivity index (χ1) is 13.4. The number of ether oxygens (including phenoxy) is 1. The highest BCUT2D eigenvalue weighted by molar-refractivity contribution is 7.89. The second kappa shape index (κ2) is 9.35. The van der Waals surface area contributed by atoms with E-state index in [1.807, 2.05) is 19.2 Å². The molecule has 3 rings (SSSR count). The van der Waals surface area contributed by atoms with Gasteiger partial charge in [-0.15, -0.1) is 0 Å². The maximum atomic E-state index is 13.0. The molecular weight excluding hydrogens is 378 g/mol. The number of quaternary nitrogens is 1. The lowest BCUT2D eigenvalue weighted by molar-refractivity contribution is -0.649. The van der Waals surface area contributed by atoms with Crippen LogP contribution in [0.1, 0.15) is 46.0 Å². The fraction of sp³-hybridized carbons (Fsp3) is 0.650. The van der Waals surface area contributed by atoms with Crippen molar-refractivity contribution in [3.63, 3.8) is 0 Å². The molecule has 0 unspecified atom stereocenters. The van der Waals surface area contributed by atoms with Crippen molar-refractivity contribution in [2.24, 2.45) is 0 Å². The predicted molar refractivity (Wildman–Crippen MR) is 108 cm³/mol. The topological polar surface area (TPSA) is 92.3 Å². The molecule has 3 atom stereocenters. The molecule has 2 aliphatic heterocycles. The molecule has 1 aromatic rings. The van der Waals surface area contributed by atoms with Crippen LogP contribution in [0, 0.1) is 0 Å². The molecule has 3 N–H and O–H groups in total. The SMILES string of the molecule is C[C@H]1CCC[C@H](C)N1S(=O)(=O)c1ccc(NC(=O)C[NH2+]C[C@@H]2CCCO2)cc1. The van der Waals surface area contributed by atoms with E-state index < -0.39 is 10.0 Å². The maximum absolute atomic E-state index is 13.0. The summed E-state index contributed by atoms with van der Waals surface area (Å²) >= 11 is 0. The van der Waals surface area contributed by atoms with Crippen molar-refractivity contribution in [3.8, 4) is 0 Å². The molecule has 1 aromatic carbocycles. The molecule has 0 radical (unpaired) electrons. The van der Waals surface area contributed by atoms with Crippen molar-refractivity contribution in [1.29, 1.82) is 0 Å². The number of hydrogen-bond acceptors (Lipinski definition) is 4. The summed E-state index contributed by atoms with van der Waals surface area (Å²) in [6, 6.07) is 6.48. The third kappa shape index (κ3) is 5.11. The van der Waals surface area contributed by atoms with Gasteiger partial charge in [-0.25, -0.2) is 8.42 Å². The number of nitrogens with one attached hydrogen (secondary N) is 1. The van der Waals surface area contributed by atoms with Gasteiger partial charge in [0, 0.05) is 24.4 Å². The molecule has 156 valence electrons. The van der Waals surface area contributed by atoms with Gasteiger partial charge in [0.15, 0.2) is 6.54 Å². The quantitative estimate of drug-likeness (QED) is 0.709. The number of hydrogen-bond donors (Lipinski definition) is 2. The Hall–Kier alpha value is -1.48. The summed E-state index contributed by atoms with van der Waals surface area (Å²) in [5, 5.41) is 4.77. The highest BCUT2D eigenvalue weighted by Crippen LogP contribution is 2.29. The highest BCUT2D eigenvalue weighted by atomic mass is 32.2. The molecule has 7 nitrogen and oxygen atoms in total. The number of piperidine rings is 1. The zero-order valence-electron chi connectivity index (χ0n) is 16.8. The lowest BCUT2D eigenvalue weighted by Crippen LogP contribution is -2.88. The van der Waals surface area contributed by atoms with E-state index in [2.05, 4.69) is 5.32 Å². The van der Waals surface area contributed by atoms with E-state index in [0.29, 0.717) is 12.2 Å². The minimum atomic E-state index is -3.53. The molecule has 28 heavy (non-hydrogen) atoms. The molecule has 0 bridgehead atoms. The third-order valence-corrected chi connectivity index (χ3v) is 7.75. The largest absolute Gasteiger partial charge is 0.372 e. The van der Waals surface area contributed by atoms with Crippen molar-refractivity contribution >= 4 is 21.6 Å². The molecule has 0 aliphatic carbocycles. The fourth-order valence-corrected chi connectivity index (χ4v) is 6.03. The molecule has 8 heteroatoms. The van der Waals surface area contributed by atoms with Gasteiger partial charge in [-0.3, -0.25) is 4.79 Å². The lowest BCUT2D eigenvalue weighted by atomic mass is 10.0. The molecule has 2 heterocycles. The Labute approximate surface area is 167 Å². The van der Waals surface area contributed by atoms with Crippen molar-refractivity contribution in [2.75, 3.05) is 25.0 Å². The van der Waals surface area contributed by atoms with Crippen LogP contribution in [0.5, 0.6) is 0 Å². The van der Waals surface area contributed by atoms with E-state index in [-0.39, 0.29) is 29.0 Å². The molecule has 0 saturated carbocycles. The van der Waals surface area contributed by atoms with Crippen LogP contribution in [0.25, 0.3) is 0 Å². The van der Waals surface area contributed by atoms with Gasteiger partial charge in [-0.05, 0) is 63.8 Å². The first-order valence-corrected chi connectivity index (χ1v) is 11.7. The van der Waals surface area contributed by atoms with Crippen LogP contribution in [-0.2, 0) is 19.6 Å². The van der Waals surface area contributed by atoms with Crippen LogP contribution in [0.3, 0.4) is 0 Å². The first kappa shape index (κ1) is 21.2. The number of anilines is 1. The highest BCUT2D eigenvalue weighted by Gasteiger charge is 2.35. The predicted octanol–water partition coefficient (Wildman–Crippen LogP) is 1.32. The Morgan fingerprint density at radius 3 is 2.43 bits per heavy atom. The number of amides is 1. The van der Waals surface area contributed by atoms with Gasteiger partial charge in [0.05, 0.1) is 4.90 Å². The van der Waals surface area contributed by atoms with E-state index in [4.69, 9.17) is 4.74 Å². The summed E-state index contributed by atoms with van der Waals surface area (Å²) in [7, 11) is -3.53. The molecule has 0 aromatic heterocycles. The number of benzene rings is 1. The summed E-state index contributed by atoms with van der Waals surface area (Å²) < 4.78 is 33.2. The van der Waals surface area contributed by atoms with Gasteiger partial charge in [-0.1, -0.05) is 6.42 Å². The number of rotatable bonds is 7. The average Bonchev–Trinajstić information content (AvgIpc) is 3.15. The Morgan fingerprint density at radius 2 is 1.82 bits per heavy atom. The summed E-state index contributed by atoms with van der Waals surface area (Å²) in [6.07, 6.45) is 5.23. The molecule has 2 aliphatic rings. The number of carbonyl (C=O) groups excluding carboxylic acids is 1. The second-order valence-electron chi connectivity index (χ2n) is 7.90. The monoisotopic (exact) mass is 410 g/mol. The average molecular weight is 411 g/mol. The van der Waals surface area contributed by atoms with E-state index in [9.17, 15) is 13.2 Å². The normalized spacial score (nSPS) is 26.3. The van der Waals surface area contributed by atoms with Crippen molar-refractivity contribution in [1.82, 2.24) is 4.31 Å². The zero-order chi connectivity index (χ0) is 20.1. The van der Waals surface area contributed by atoms with E-state index in [1.54, 1.807) is 28.6 Å². The standard InChI is InChI=1S/C20H31N3O4S/c1-15-5-3-6-16(2)23(15)28(25,26)19-10-8-17(9-11-19)22-20(24)14-21-13-18-7-4-12-27-18/h8-11,15-16,18,21H,3-7,12-14H2,1-2H3,(H,22,24)/p+1/t15-,16-,18-/m0/s1. The van der Waals surface area contributed by atoms with Gasteiger partial charge < -0.3 is 15.4 Å². The van der Waals surface area contributed by atoms with Gasteiger partial charge in [0.1, 0.15) is 12.6 Å². The zero-order valence-corrected chi connectivity index (χ0v) is 17.6. The van der Waals surface area contributed by atoms with Gasteiger partial charge in [-0.2, -0.15) is 4.31 Å². The van der Waals surface area contributed by atoms with E-state index in [1.165, 1.54) is 0 Å². The van der Waals surface area contributed by atoms with Crippen LogP contribution in [0.2, 0.25) is 0 Å². The minimum Gasteiger partial charge on any atom is -0.372 e. The van der Waals surface area contributed by atoms with E-state index >= 15 is 0 Å². The van der Waals surface area contributed by atoms with Crippen molar-refractivity contribution in [3.05, 3.63) is 24.3 Å². The van der Waals surface area contributed by atoms with Crippen molar-refractivity contribution in [2.45, 2.75) is 69.0 Å². The second-order valence-corrected chi connectivity index (χ2v) is 9.74. The summed E-state index contributed by atoms with van der Waals surface area (Å²) in [5.74, 6) is -0.105. The Kier molecular flexibility index (Phi) is 7.09. The van der Waals surface area contributed by atoms with Gasteiger partial charge in [0.2, 0.25) is 10.0 Å². The summed E-state index contributed by atoms with van der Waals surface area (Å²) in [6.45, 7) is 5.86. The Bertz CT molecular complexity index is 750. The summed E-state index contributed by atoms with van der Waals surface area (Å²) in [5.41, 5.74) is 0.606. The molecule has 2 saturated heterocycles. The van der Waals surface area contributed by atoms with Crippen LogP contribution < -0.4 is 10.6 Å². The van der Waals surface area contributed by atoms with Crippen LogP contribution in [0.15, 0.2) is 29.2 Å². The van der Waals surface area contributed by atoms with Crippen LogP contribution in [-0.4, -0.2) is 56.5 Å². The first-order valence-electron chi connectivity index (χ1n) is 10.2.